The molecule has 0 aliphatic carbocycles. The van der Waals surface area contributed by atoms with Crippen molar-refractivity contribution in [1.29, 1.82) is 0 Å². The Hall–Kier alpha value is -1.10. The van der Waals surface area contributed by atoms with Gasteiger partial charge in [0.1, 0.15) is 5.75 Å². The summed E-state index contributed by atoms with van der Waals surface area (Å²) in [6, 6.07) is 6.80. The molecule has 4 heteroatoms. The Morgan fingerprint density at radius 3 is 2.77 bits per heavy atom. The number of hydrogen-bond donors (Lipinski definition) is 4. The summed E-state index contributed by atoms with van der Waals surface area (Å²) in [7, 11) is 0. The fourth-order valence-corrected chi connectivity index (χ4v) is 1.21. The van der Waals surface area contributed by atoms with Crippen molar-refractivity contribution in [2.45, 2.75) is 5.92 Å². The lowest BCUT2D eigenvalue weighted by Gasteiger charge is -2.13. The topological polar surface area (TPSA) is 78.5 Å². The maximum absolute atomic E-state index is 9.19. The van der Waals surface area contributed by atoms with Gasteiger partial charge in [0.15, 0.2) is 0 Å². The maximum Gasteiger partial charge on any atom is 0.115 e. The highest BCUT2D eigenvalue weighted by atomic mass is 16.3. The van der Waals surface area contributed by atoms with Gasteiger partial charge in [-0.2, -0.15) is 0 Å². The number of nitrogens with one attached hydrogen (secondary N) is 1. The zero-order valence-corrected chi connectivity index (χ0v) is 7.27. The lowest BCUT2D eigenvalue weighted by atomic mass is 10.00. The Labute approximate surface area is 77.0 Å². The van der Waals surface area contributed by atoms with Crippen LogP contribution in [-0.2, 0) is 0 Å². The summed E-state index contributed by atoms with van der Waals surface area (Å²) < 4.78 is 0. The second kappa shape index (κ2) is 4.81. The van der Waals surface area contributed by atoms with Crippen LogP contribution < -0.4 is 11.3 Å². The number of nitrogens with two attached hydrogens (primary N) is 1. The summed E-state index contributed by atoms with van der Waals surface area (Å²) in [4.78, 5) is 0. The van der Waals surface area contributed by atoms with Gasteiger partial charge in [-0.15, -0.1) is 0 Å². The number of rotatable bonds is 4. The van der Waals surface area contributed by atoms with E-state index < -0.39 is 0 Å². The van der Waals surface area contributed by atoms with Gasteiger partial charge in [-0.25, -0.2) is 0 Å². The van der Waals surface area contributed by atoms with E-state index in [4.69, 9.17) is 10.9 Å². The summed E-state index contributed by atoms with van der Waals surface area (Å²) in [6.45, 7) is 0.494. The highest BCUT2D eigenvalue weighted by Gasteiger charge is 2.09. The summed E-state index contributed by atoms with van der Waals surface area (Å²) in [5, 5.41) is 18.2. The van der Waals surface area contributed by atoms with Crippen LogP contribution in [0.15, 0.2) is 24.3 Å². The molecular weight excluding hydrogens is 168 g/mol. The molecule has 0 amide bonds. The zero-order valence-electron chi connectivity index (χ0n) is 7.27. The number of aliphatic hydroxyl groups is 1. The minimum atomic E-state index is -0.0721. The molecule has 1 aromatic carbocycles. The van der Waals surface area contributed by atoms with Gasteiger partial charge in [-0.3, -0.25) is 11.3 Å². The van der Waals surface area contributed by atoms with Gasteiger partial charge < -0.3 is 10.2 Å². The zero-order chi connectivity index (χ0) is 9.68. The van der Waals surface area contributed by atoms with Crippen LogP contribution in [0.25, 0.3) is 0 Å². The van der Waals surface area contributed by atoms with Crippen molar-refractivity contribution in [2.75, 3.05) is 13.2 Å². The third kappa shape index (κ3) is 2.69. The lowest BCUT2D eigenvalue weighted by molar-refractivity contribution is 0.261. The molecule has 1 aromatic rings. The lowest BCUT2D eigenvalue weighted by Crippen LogP contribution is -2.29. The molecule has 1 atom stereocenters. The predicted molar refractivity (Wildman–Crippen MR) is 50.1 cm³/mol. The molecule has 0 spiro atoms. The van der Waals surface area contributed by atoms with Crippen molar-refractivity contribution in [1.82, 2.24) is 5.43 Å². The first-order valence-electron chi connectivity index (χ1n) is 4.11. The second-order valence-corrected chi connectivity index (χ2v) is 2.88. The third-order valence-corrected chi connectivity index (χ3v) is 1.93. The number of phenols is 1. The van der Waals surface area contributed by atoms with E-state index in [9.17, 15) is 5.11 Å². The Morgan fingerprint density at radius 2 is 2.23 bits per heavy atom. The first-order chi connectivity index (χ1) is 6.27. The molecular formula is C9H14N2O2. The van der Waals surface area contributed by atoms with Crippen LogP contribution >= 0.6 is 0 Å². The van der Waals surface area contributed by atoms with Gasteiger partial charge in [-0.1, -0.05) is 12.1 Å². The first kappa shape index (κ1) is 9.98. The number of phenolic OH excluding ortho intramolecular Hbond substituents is 1. The van der Waals surface area contributed by atoms with Crippen molar-refractivity contribution in [2.24, 2.45) is 5.84 Å². The molecule has 1 rings (SSSR count). The second-order valence-electron chi connectivity index (χ2n) is 2.88. The SMILES string of the molecule is NNCC(CO)c1cccc(O)c1. The van der Waals surface area contributed by atoms with E-state index in [1.165, 1.54) is 0 Å². The van der Waals surface area contributed by atoms with E-state index >= 15 is 0 Å². The summed E-state index contributed by atoms with van der Waals surface area (Å²) >= 11 is 0. The molecule has 0 fully saturated rings. The van der Waals surface area contributed by atoms with E-state index in [-0.39, 0.29) is 18.3 Å². The van der Waals surface area contributed by atoms with Crippen molar-refractivity contribution < 1.29 is 10.2 Å². The van der Waals surface area contributed by atoms with E-state index in [1.54, 1.807) is 18.2 Å². The Kier molecular flexibility index (Phi) is 3.70. The molecule has 0 heterocycles. The quantitative estimate of drug-likeness (QED) is 0.388. The Bertz CT molecular complexity index is 266. The summed E-state index contributed by atoms with van der Waals surface area (Å²) in [5.74, 6) is 5.29. The molecule has 13 heavy (non-hydrogen) atoms. The fraction of sp³-hybridized carbons (Fsp3) is 0.333. The normalized spacial score (nSPS) is 12.8. The maximum atomic E-state index is 9.19. The number of hydrazine groups is 1. The van der Waals surface area contributed by atoms with Gasteiger partial charge in [-0.05, 0) is 17.7 Å². The van der Waals surface area contributed by atoms with Crippen LogP contribution in [0.4, 0.5) is 0 Å². The molecule has 4 nitrogen and oxygen atoms in total. The minimum absolute atomic E-state index is 0.00759. The van der Waals surface area contributed by atoms with Gasteiger partial charge >= 0.3 is 0 Å². The molecule has 5 N–H and O–H groups in total. The molecule has 0 aliphatic rings. The first-order valence-corrected chi connectivity index (χ1v) is 4.11. The van der Waals surface area contributed by atoms with Gasteiger partial charge in [0, 0.05) is 12.5 Å². The van der Waals surface area contributed by atoms with Crippen LogP contribution in [0.2, 0.25) is 0 Å². The Balaban J connectivity index is 2.78. The van der Waals surface area contributed by atoms with E-state index in [2.05, 4.69) is 5.43 Å². The minimum Gasteiger partial charge on any atom is -0.508 e. The molecule has 72 valence electrons. The predicted octanol–water partition coefficient (Wildman–Crippen LogP) is -0.0686. The van der Waals surface area contributed by atoms with E-state index in [0.717, 1.165) is 5.56 Å². The van der Waals surface area contributed by atoms with Crippen LogP contribution in [0.1, 0.15) is 11.5 Å². The average Bonchev–Trinajstić information content (AvgIpc) is 2.14. The number of aromatic hydroxyl groups is 1. The average molecular weight is 182 g/mol. The van der Waals surface area contributed by atoms with Crippen LogP contribution in [0.5, 0.6) is 5.75 Å². The summed E-state index contributed by atoms with van der Waals surface area (Å²) in [6.07, 6.45) is 0. The highest BCUT2D eigenvalue weighted by Crippen LogP contribution is 2.18. The largest absolute Gasteiger partial charge is 0.508 e. The number of benzene rings is 1. The van der Waals surface area contributed by atoms with Crippen LogP contribution in [0, 0.1) is 0 Å². The smallest absolute Gasteiger partial charge is 0.115 e. The van der Waals surface area contributed by atoms with Crippen molar-refractivity contribution >= 4 is 0 Å². The summed E-state index contributed by atoms with van der Waals surface area (Å²) in [5.41, 5.74) is 3.37. The Morgan fingerprint density at radius 1 is 1.46 bits per heavy atom. The molecule has 0 saturated heterocycles. The molecule has 1 unspecified atom stereocenters. The van der Waals surface area contributed by atoms with Gasteiger partial charge in [0.2, 0.25) is 0 Å². The third-order valence-electron chi connectivity index (χ3n) is 1.93. The van der Waals surface area contributed by atoms with E-state index in [0.29, 0.717) is 6.54 Å². The number of hydrogen-bond acceptors (Lipinski definition) is 4. The fourth-order valence-electron chi connectivity index (χ4n) is 1.21. The number of aliphatic hydroxyl groups excluding tert-OH is 1. The molecule has 0 aliphatic heterocycles. The molecule has 0 saturated carbocycles. The monoisotopic (exact) mass is 182 g/mol. The highest BCUT2D eigenvalue weighted by molar-refractivity contribution is 5.29. The van der Waals surface area contributed by atoms with Gasteiger partial charge in [0.25, 0.3) is 0 Å². The molecule has 0 bridgehead atoms. The van der Waals surface area contributed by atoms with Gasteiger partial charge in [0.05, 0.1) is 6.61 Å². The van der Waals surface area contributed by atoms with E-state index in [1.807, 2.05) is 6.07 Å². The molecule has 0 aromatic heterocycles. The van der Waals surface area contributed by atoms with Crippen LogP contribution in [0.3, 0.4) is 0 Å². The standard InChI is InChI=1S/C9H14N2O2/c10-11-5-8(6-12)7-2-1-3-9(13)4-7/h1-4,8,11-13H,5-6,10H2. The molecule has 0 radical (unpaired) electrons. The van der Waals surface area contributed by atoms with Crippen molar-refractivity contribution in [3.8, 4) is 5.75 Å². The van der Waals surface area contributed by atoms with Crippen molar-refractivity contribution in [3.05, 3.63) is 29.8 Å². The van der Waals surface area contributed by atoms with Crippen molar-refractivity contribution in [3.63, 3.8) is 0 Å². The van der Waals surface area contributed by atoms with Crippen LogP contribution in [-0.4, -0.2) is 23.4 Å².